The summed E-state index contributed by atoms with van der Waals surface area (Å²) in [5, 5.41) is 3.87. The number of nitrogen functional groups attached to an aromatic ring is 1. The van der Waals surface area contributed by atoms with E-state index in [9.17, 15) is 30.7 Å². The monoisotopic (exact) mass is 420 g/mol. The quantitative estimate of drug-likeness (QED) is 0.626. The molecule has 2 aromatic heterocycles. The molecule has 0 atom stereocenters. The Kier molecular flexibility index (Phi) is 5.11. The highest BCUT2D eigenvalue weighted by molar-refractivity contribution is 5.67. The number of hydrogen-bond donors (Lipinski definition) is 1. The highest BCUT2D eigenvalue weighted by Gasteiger charge is 2.31. The summed E-state index contributed by atoms with van der Waals surface area (Å²) in [6.07, 6.45) is -7.62. The second kappa shape index (κ2) is 7.26. The van der Waals surface area contributed by atoms with E-state index in [-0.39, 0.29) is 22.8 Å². The van der Waals surface area contributed by atoms with Crippen molar-refractivity contribution in [2.45, 2.75) is 12.4 Å². The average molecular weight is 420 g/mol. The number of alkyl halides is 6. The van der Waals surface area contributed by atoms with E-state index in [0.717, 1.165) is 35.1 Å². The van der Waals surface area contributed by atoms with Gasteiger partial charge in [-0.3, -0.25) is 4.98 Å². The molecule has 2 heterocycles. The number of nitrogens with zero attached hydrogens (tertiary/aromatic N) is 3. The Morgan fingerprint density at radius 1 is 0.966 bits per heavy atom. The van der Waals surface area contributed by atoms with E-state index in [0.29, 0.717) is 6.20 Å². The molecule has 3 aromatic rings. The van der Waals surface area contributed by atoms with Gasteiger partial charge in [0.25, 0.3) is 0 Å². The molecule has 5 nitrogen and oxygen atoms in total. The first-order valence-corrected chi connectivity index (χ1v) is 7.81. The number of aromatic nitrogens is 3. The van der Waals surface area contributed by atoms with E-state index in [4.69, 9.17) is 5.73 Å². The van der Waals surface area contributed by atoms with Crippen molar-refractivity contribution in [1.82, 2.24) is 14.8 Å². The molecule has 0 aliphatic rings. The van der Waals surface area contributed by atoms with Crippen molar-refractivity contribution in [1.29, 1.82) is 0 Å². The molecule has 3 rings (SSSR count). The minimum absolute atomic E-state index is 0.0104. The number of anilines is 1. The molecule has 0 saturated heterocycles. The third-order valence-electron chi connectivity index (χ3n) is 3.59. The van der Waals surface area contributed by atoms with Crippen LogP contribution >= 0.6 is 0 Å². The lowest BCUT2D eigenvalue weighted by Gasteiger charge is -2.13. The lowest BCUT2D eigenvalue weighted by Crippen LogP contribution is -2.19. The fourth-order valence-electron chi connectivity index (χ4n) is 2.46. The Labute approximate surface area is 158 Å². The Morgan fingerprint density at radius 2 is 1.69 bits per heavy atom. The van der Waals surface area contributed by atoms with E-state index in [1.165, 1.54) is 6.07 Å². The van der Waals surface area contributed by atoms with Crippen molar-refractivity contribution in [2.24, 2.45) is 0 Å². The van der Waals surface area contributed by atoms with Crippen molar-refractivity contribution in [2.75, 3.05) is 12.3 Å². The third-order valence-corrected chi connectivity index (χ3v) is 3.59. The minimum atomic E-state index is -4.67. The van der Waals surface area contributed by atoms with Gasteiger partial charge in [0.1, 0.15) is 17.4 Å². The maximum absolute atomic E-state index is 13.9. The standard InChI is InChI=1S/C17H11F7N4O/c18-11-1-9(2-13(4-11)29-8-16(19,20)21)14-5-15(25)27-28(14)12-3-10(6-26-7-12)17(22,23)24/h1-7H,8H2,(H2,25,27). The van der Waals surface area contributed by atoms with E-state index in [2.05, 4.69) is 14.8 Å². The normalized spacial score (nSPS) is 12.2. The van der Waals surface area contributed by atoms with Crippen LogP contribution in [0.5, 0.6) is 5.75 Å². The van der Waals surface area contributed by atoms with E-state index in [1.54, 1.807) is 0 Å². The van der Waals surface area contributed by atoms with Gasteiger partial charge in [-0.15, -0.1) is 0 Å². The van der Waals surface area contributed by atoms with E-state index < -0.39 is 36.1 Å². The number of pyridine rings is 1. The summed E-state index contributed by atoms with van der Waals surface area (Å²) in [4.78, 5) is 3.52. The first-order valence-electron chi connectivity index (χ1n) is 7.81. The van der Waals surface area contributed by atoms with Crippen LogP contribution in [0.1, 0.15) is 5.56 Å². The number of ether oxygens (including phenoxy) is 1. The number of halogens is 7. The molecule has 0 fully saturated rings. The van der Waals surface area contributed by atoms with Gasteiger partial charge in [0.2, 0.25) is 0 Å². The van der Waals surface area contributed by atoms with Crippen LogP contribution in [-0.4, -0.2) is 27.5 Å². The van der Waals surface area contributed by atoms with Gasteiger partial charge < -0.3 is 10.5 Å². The van der Waals surface area contributed by atoms with Crippen LogP contribution in [0.3, 0.4) is 0 Å². The Balaban J connectivity index is 2.05. The first-order chi connectivity index (χ1) is 13.4. The second-order valence-electron chi connectivity index (χ2n) is 5.88. The molecular weight excluding hydrogens is 409 g/mol. The molecular formula is C17H11F7N4O. The number of nitrogens with two attached hydrogens (primary N) is 1. The highest BCUT2D eigenvalue weighted by atomic mass is 19.4. The van der Waals surface area contributed by atoms with Crippen molar-refractivity contribution in [3.63, 3.8) is 0 Å². The minimum Gasteiger partial charge on any atom is -0.484 e. The van der Waals surface area contributed by atoms with Crippen molar-refractivity contribution in [3.05, 3.63) is 54.1 Å². The molecule has 154 valence electrons. The molecule has 1 aromatic carbocycles. The Hall–Kier alpha value is -3.31. The molecule has 29 heavy (non-hydrogen) atoms. The molecule has 0 spiro atoms. The summed E-state index contributed by atoms with van der Waals surface area (Å²) in [6, 6.07) is 4.76. The van der Waals surface area contributed by atoms with Crippen LogP contribution in [0.15, 0.2) is 42.7 Å². The zero-order valence-electron chi connectivity index (χ0n) is 14.2. The lowest BCUT2D eigenvalue weighted by molar-refractivity contribution is -0.153. The number of rotatable bonds is 4. The fourth-order valence-corrected chi connectivity index (χ4v) is 2.46. The van der Waals surface area contributed by atoms with E-state index in [1.807, 2.05) is 0 Å². The van der Waals surface area contributed by atoms with Gasteiger partial charge in [-0.2, -0.15) is 31.4 Å². The predicted octanol–water partition coefficient (Wildman–Crippen LogP) is 4.62. The third kappa shape index (κ3) is 4.95. The van der Waals surface area contributed by atoms with Gasteiger partial charge in [0.05, 0.1) is 23.1 Å². The van der Waals surface area contributed by atoms with Crippen molar-refractivity contribution >= 4 is 5.82 Å². The smallest absolute Gasteiger partial charge is 0.422 e. The van der Waals surface area contributed by atoms with Gasteiger partial charge in [-0.1, -0.05) is 0 Å². The lowest BCUT2D eigenvalue weighted by atomic mass is 10.1. The molecule has 0 radical (unpaired) electrons. The van der Waals surface area contributed by atoms with Crippen LogP contribution in [0.4, 0.5) is 36.6 Å². The van der Waals surface area contributed by atoms with Gasteiger partial charge >= 0.3 is 12.4 Å². The summed E-state index contributed by atoms with van der Waals surface area (Å²) in [5.41, 5.74) is 4.46. The largest absolute Gasteiger partial charge is 0.484 e. The average Bonchev–Trinajstić information content (AvgIpc) is 3.00. The number of hydrogen-bond acceptors (Lipinski definition) is 4. The first kappa shape index (κ1) is 20.4. The van der Waals surface area contributed by atoms with E-state index >= 15 is 0 Å². The van der Waals surface area contributed by atoms with Gasteiger partial charge in [0.15, 0.2) is 6.61 Å². The Bertz CT molecular complexity index is 1030. The van der Waals surface area contributed by atoms with Gasteiger partial charge in [-0.05, 0) is 18.2 Å². The molecule has 12 heteroatoms. The number of benzene rings is 1. The van der Waals surface area contributed by atoms with Crippen LogP contribution in [0, 0.1) is 5.82 Å². The maximum Gasteiger partial charge on any atom is 0.422 e. The predicted molar refractivity (Wildman–Crippen MR) is 87.7 cm³/mol. The second-order valence-corrected chi connectivity index (χ2v) is 5.88. The molecule has 0 saturated carbocycles. The molecule has 0 amide bonds. The Morgan fingerprint density at radius 3 is 2.34 bits per heavy atom. The molecule has 0 aliphatic carbocycles. The van der Waals surface area contributed by atoms with Crippen LogP contribution in [0.25, 0.3) is 16.9 Å². The van der Waals surface area contributed by atoms with Crippen molar-refractivity contribution < 1.29 is 35.5 Å². The topological polar surface area (TPSA) is 66.0 Å². The fraction of sp³-hybridized carbons (Fsp3) is 0.176. The summed E-state index contributed by atoms with van der Waals surface area (Å²) in [5.74, 6) is -1.46. The summed E-state index contributed by atoms with van der Waals surface area (Å²) in [6.45, 7) is -1.64. The van der Waals surface area contributed by atoms with Crippen LogP contribution < -0.4 is 10.5 Å². The zero-order valence-corrected chi connectivity index (χ0v) is 14.2. The molecule has 0 unspecified atom stereocenters. The summed E-state index contributed by atoms with van der Waals surface area (Å²) in [7, 11) is 0. The highest BCUT2D eigenvalue weighted by Crippen LogP contribution is 2.33. The van der Waals surface area contributed by atoms with Crippen molar-refractivity contribution in [3.8, 4) is 22.7 Å². The molecule has 0 aliphatic heterocycles. The van der Waals surface area contributed by atoms with Crippen LogP contribution in [0.2, 0.25) is 0 Å². The van der Waals surface area contributed by atoms with Gasteiger partial charge in [0, 0.05) is 23.9 Å². The molecule has 0 bridgehead atoms. The zero-order chi connectivity index (χ0) is 21.4. The van der Waals surface area contributed by atoms with Gasteiger partial charge in [-0.25, -0.2) is 9.07 Å². The summed E-state index contributed by atoms with van der Waals surface area (Å²) < 4.78 is 95.3. The van der Waals surface area contributed by atoms with Crippen LogP contribution in [-0.2, 0) is 6.18 Å². The summed E-state index contributed by atoms with van der Waals surface area (Å²) >= 11 is 0. The maximum atomic E-state index is 13.9. The SMILES string of the molecule is Nc1cc(-c2cc(F)cc(OCC(F)(F)F)c2)n(-c2cncc(C(F)(F)F)c2)n1. The molecule has 2 N–H and O–H groups in total.